The number of alkyl halides is 1. The van der Waals surface area contributed by atoms with Gasteiger partial charge in [0.25, 0.3) is 5.91 Å². The number of hydrogen-bond donors (Lipinski definition) is 1. The largest absolute Gasteiger partial charge is 0.352 e. The number of rotatable bonds is 3. The first-order valence-corrected chi connectivity index (χ1v) is 6.75. The zero-order valence-corrected chi connectivity index (χ0v) is 11.3. The van der Waals surface area contributed by atoms with Crippen molar-refractivity contribution in [3.63, 3.8) is 0 Å². The Hall–Kier alpha value is -1.35. The fourth-order valence-corrected chi connectivity index (χ4v) is 2.42. The second-order valence-electron chi connectivity index (χ2n) is 3.81. The lowest BCUT2D eigenvalue weighted by Crippen LogP contribution is -2.22. The molecule has 2 aromatic rings. The van der Waals surface area contributed by atoms with Gasteiger partial charge in [-0.05, 0) is 29.3 Å². The van der Waals surface area contributed by atoms with Crippen molar-refractivity contribution >= 4 is 32.6 Å². The Morgan fingerprint density at radius 1 is 1.18 bits per heavy atom. The second-order valence-corrected chi connectivity index (χ2v) is 4.37. The molecule has 0 saturated carbocycles. The maximum Gasteiger partial charge on any atom is 0.251 e. The third-order valence-electron chi connectivity index (χ3n) is 2.74. The molecule has 17 heavy (non-hydrogen) atoms. The number of benzene rings is 2. The van der Waals surface area contributed by atoms with Crippen LogP contribution in [0.15, 0.2) is 36.4 Å². The molecule has 2 nitrogen and oxygen atoms in total. The molecule has 0 aliphatic rings. The molecule has 0 bridgehead atoms. The molecule has 2 aromatic carbocycles. The highest BCUT2D eigenvalue weighted by Crippen LogP contribution is 2.24. The fraction of sp³-hybridized carbons (Fsp3) is 0.214. The summed E-state index contributed by atoms with van der Waals surface area (Å²) >= 11 is 3.47. The molecule has 0 fully saturated rings. The van der Waals surface area contributed by atoms with Crippen molar-refractivity contribution in [2.75, 3.05) is 6.54 Å². The Bertz CT molecular complexity index is 551. The fourth-order valence-electron chi connectivity index (χ4n) is 1.93. The predicted molar refractivity (Wildman–Crippen MR) is 74.6 cm³/mol. The van der Waals surface area contributed by atoms with Crippen LogP contribution in [-0.2, 0) is 5.33 Å². The quantitative estimate of drug-likeness (QED) is 0.862. The van der Waals surface area contributed by atoms with Crippen molar-refractivity contribution < 1.29 is 4.79 Å². The first-order chi connectivity index (χ1) is 8.27. The molecule has 1 amide bonds. The van der Waals surface area contributed by atoms with Gasteiger partial charge in [-0.25, -0.2) is 0 Å². The van der Waals surface area contributed by atoms with Crippen molar-refractivity contribution in [3.8, 4) is 0 Å². The van der Waals surface area contributed by atoms with Crippen LogP contribution in [0.25, 0.3) is 10.8 Å². The van der Waals surface area contributed by atoms with Crippen LogP contribution in [0.3, 0.4) is 0 Å². The van der Waals surface area contributed by atoms with Gasteiger partial charge in [0, 0.05) is 17.4 Å². The van der Waals surface area contributed by atoms with Gasteiger partial charge in [-0.2, -0.15) is 0 Å². The van der Waals surface area contributed by atoms with Crippen LogP contribution in [0.5, 0.6) is 0 Å². The molecule has 0 heterocycles. The van der Waals surface area contributed by atoms with Crippen LogP contribution in [-0.4, -0.2) is 12.5 Å². The van der Waals surface area contributed by atoms with Crippen LogP contribution >= 0.6 is 15.9 Å². The van der Waals surface area contributed by atoms with Crippen LogP contribution in [0, 0.1) is 0 Å². The summed E-state index contributed by atoms with van der Waals surface area (Å²) in [4.78, 5) is 11.9. The van der Waals surface area contributed by atoms with E-state index in [4.69, 9.17) is 0 Å². The van der Waals surface area contributed by atoms with E-state index in [1.54, 1.807) is 0 Å². The van der Waals surface area contributed by atoms with Gasteiger partial charge in [0.2, 0.25) is 0 Å². The van der Waals surface area contributed by atoms with Crippen LogP contribution in [0.1, 0.15) is 22.8 Å². The summed E-state index contributed by atoms with van der Waals surface area (Å²) in [6, 6.07) is 11.9. The molecule has 3 heteroatoms. The van der Waals surface area contributed by atoms with Crippen molar-refractivity contribution in [2.24, 2.45) is 0 Å². The van der Waals surface area contributed by atoms with E-state index in [0.29, 0.717) is 6.54 Å². The van der Waals surface area contributed by atoms with Gasteiger partial charge in [-0.15, -0.1) is 0 Å². The molecule has 0 atom stereocenters. The van der Waals surface area contributed by atoms with Crippen LogP contribution in [0.4, 0.5) is 0 Å². The third-order valence-corrected chi connectivity index (χ3v) is 3.34. The Morgan fingerprint density at radius 3 is 2.53 bits per heavy atom. The average Bonchev–Trinajstić information content (AvgIpc) is 2.37. The van der Waals surface area contributed by atoms with E-state index in [-0.39, 0.29) is 5.91 Å². The zero-order valence-electron chi connectivity index (χ0n) is 9.66. The van der Waals surface area contributed by atoms with Gasteiger partial charge in [0.05, 0.1) is 0 Å². The molecule has 88 valence electrons. The number of carbonyl (C=O) groups excluding carboxylic acids is 1. The normalized spacial score (nSPS) is 10.5. The molecular formula is C14H14BrNO. The van der Waals surface area contributed by atoms with E-state index >= 15 is 0 Å². The zero-order chi connectivity index (χ0) is 12.3. The number of halogens is 1. The van der Waals surface area contributed by atoms with E-state index in [1.807, 2.05) is 37.3 Å². The van der Waals surface area contributed by atoms with Gasteiger partial charge in [-0.1, -0.05) is 46.3 Å². The summed E-state index contributed by atoms with van der Waals surface area (Å²) in [6.07, 6.45) is 0. The molecule has 0 spiro atoms. The average molecular weight is 292 g/mol. The molecule has 0 saturated heterocycles. The SMILES string of the molecule is CCNC(=O)c1ccc(CBr)c2ccccc12. The van der Waals surface area contributed by atoms with E-state index < -0.39 is 0 Å². The summed E-state index contributed by atoms with van der Waals surface area (Å²) in [7, 11) is 0. The molecule has 2 rings (SSSR count). The molecule has 0 aromatic heterocycles. The minimum atomic E-state index is -0.00942. The summed E-state index contributed by atoms with van der Waals surface area (Å²) < 4.78 is 0. The lowest BCUT2D eigenvalue weighted by molar-refractivity contribution is 0.0957. The van der Waals surface area contributed by atoms with E-state index in [2.05, 4.69) is 27.3 Å². The smallest absolute Gasteiger partial charge is 0.251 e. The van der Waals surface area contributed by atoms with E-state index in [0.717, 1.165) is 21.7 Å². The molecule has 1 N–H and O–H groups in total. The lowest BCUT2D eigenvalue weighted by Gasteiger charge is -2.09. The maximum absolute atomic E-state index is 11.9. The van der Waals surface area contributed by atoms with Crippen molar-refractivity contribution in [1.82, 2.24) is 5.32 Å². The first kappa shape index (κ1) is 12.1. The monoisotopic (exact) mass is 291 g/mol. The second kappa shape index (κ2) is 5.32. The van der Waals surface area contributed by atoms with Gasteiger partial charge < -0.3 is 5.32 Å². The van der Waals surface area contributed by atoms with Crippen molar-refractivity contribution in [1.29, 1.82) is 0 Å². The van der Waals surface area contributed by atoms with Crippen LogP contribution in [0.2, 0.25) is 0 Å². The van der Waals surface area contributed by atoms with E-state index in [1.165, 1.54) is 5.56 Å². The molecular weight excluding hydrogens is 278 g/mol. The highest BCUT2D eigenvalue weighted by Gasteiger charge is 2.10. The highest BCUT2D eigenvalue weighted by atomic mass is 79.9. The Labute approximate surface area is 109 Å². The van der Waals surface area contributed by atoms with Crippen molar-refractivity contribution in [3.05, 3.63) is 47.5 Å². The van der Waals surface area contributed by atoms with Crippen LogP contribution < -0.4 is 5.32 Å². The van der Waals surface area contributed by atoms with Crippen molar-refractivity contribution in [2.45, 2.75) is 12.3 Å². The number of hydrogen-bond acceptors (Lipinski definition) is 1. The number of carbonyl (C=O) groups is 1. The number of amides is 1. The Balaban J connectivity index is 2.62. The van der Waals surface area contributed by atoms with Gasteiger partial charge in [0.1, 0.15) is 0 Å². The van der Waals surface area contributed by atoms with E-state index in [9.17, 15) is 4.79 Å². The summed E-state index contributed by atoms with van der Waals surface area (Å²) in [5.41, 5.74) is 1.95. The topological polar surface area (TPSA) is 29.1 Å². The summed E-state index contributed by atoms with van der Waals surface area (Å²) in [6.45, 7) is 2.57. The lowest BCUT2D eigenvalue weighted by atomic mass is 10.00. The molecule has 0 radical (unpaired) electrons. The van der Waals surface area contributed by atoms with Gasteiger partial charge in [0.15, 0.2) is 0 Å². The molecule has 0 aliphatic heterocycles. The standard InChI is InChI=1S/C14H14BrNO/c1-2-16-14(17)13-8-7-10(9-15)11-5-3-4-6-12(11)13/h3-8H,2,9H2,1H3,(H,16,17). The van der Waals surface area contributed by atoms with Gasteiger partial charge in [-0.3, -0.25) is 4.79 Å². The van der Waals surface area contributed by atoms with Gasteiger partial charge >= 0.3 is 0 Å². The molecule has 0 aliphatic carbocycles. The summed E-state index contributed by atoms with van der Waals surface area (Å²) in [5, 5.41) is 5.78. The Morgan fingerprint density at radius 2 is 1.88 bits per heavy atom. The maximum atomic E-state index is 11.9. The number of fused-ring (bicyclic) bond motifs is 1. The first-order valence-electron chi connectivity index (χ1n) is 5.62. The Kier molecular flexibility index (Phi) is 3.79. The predicted octanol–water partition coefficient (Wildman–Crippen LogP) is 3.48. The minimum Gasteiger partial charge on any atom is -0.352 e. The minimum absolute atomic E-state index is 0.00942. The summed E-state index contributed by atoms with van der Waals surface area (Å²) in [5.74, 6) is -0.00942. The molecule has 0 unspecified atom stereocenters. The number of nitrogens with one attached hydrogen (secondary N) is 1. The highest BCUT2D eigenvalue weighted by molar-refractivity contribution is 9.08. The third kappa shape index (κ3) is 2.34.